The number of nitrogens with one attached hydrogen (secondary N) is 2. The first kappa shape index (κ1) is 27.1. The van der Waals surface area contributed by atoms with Gasteiger partial charge in [0.2, 0.25) is 0 Å². The molecule has 0 bridgehead atoms. The van der Waals surface area contributed by atoms with Crippen molar-refractivity contribution in [2.24, 2.45) is 4.99 Å². The SMILES string of the molecule is CCNC(=NCC(C)(C)c1cccc(F)c1)NCCCCN1CCN(CC)CC1.I. The molecule has 5 nitrogen and oxygen atoms in total. The Morgan fingerprint density at radius 1 is 1.07 bits per heavy atom. The van der Waals surface area contributed by atoms with Gasteiger partial charge in [0.15, 0.2) is 5.96 Å². The summed E-state index contributed by atoms with van der Waals surface area (Å²) >= 11 is 0. The molecule has 2 rings (SSSR count). The van der Waals surface area contributed by atoms with E-state index in [0.717, 1.165) is 31.0 Å². The summed E-state index contributed by atoms with van der Waals surface area (Å²) < 4.78 is 13.6. The molecule has 0 radical (unpaired) electrons. The summed E-state index contributed by atoms with van der Waals surface area (Å²) in [6, 6.07) is 6.83. The molecule has 1 saturated heterocycles. The van der Waals surface area contributed by atoms with Crippen LogP contribution in [0.2, 0.25) is 0 Å². The molecule has 0 atom stereocenters. The molecule has 172 valence electrons. The van der Waals surface area contributed by atoms with Crippen LogP contribution in [0.25, 0.3) is 0 Å². The van der Waals surface area contributed by atoms with E-state index in [4.69, 9.17) is 4.99 Å². The molecule has 1 aliphatic heterocycles. The van der Waals surface area contributed by atoms with Crippen LogP contribution in [-0.2, 0) is 5.41 Å². The van der Waals surface area contributed by atoms with Gasteiger partial charge in [-0.1, -0.05) is 32.9 Å². The summed E-state index contributed by atoms with van der Waals surface area (Å²) in [5.74, 6) is 0.647. The summed E-state index contributed by atoms with van der Waals surface area (Å²) in [6.07, 6.45) is 2.33. The van der Waals surface area contributed by atoms with Crippen molar-refractivity contribution < 1.29 is 4.39 Å². The maximum atomic E-state index is 13.6. The van der Waals surface area contributed by atoms with E-state index in [-0.39, 0.29) is 35.2 Å². The van der Waals surface area contributed by atoms with Crippen LogP contribution >= 0.6 is 24.0 Å². The van der Waals surface area contributed by atoms with E-state index in [2.05, 4.69) is 48.1 Å². The van der Waals surface area contributed by atoms with Crippen molar-refractivity contribution >= 4 is 29.9 Å². The van der Waals surface area contributed by atoms with E-state index in [9.17, 15) is 4.39 Å². The van der Waals surface area contributed by atoms with Gasteiger partial charge in [0.1, 0.15) is 5.82 Å². The molecule has 1 heterocycles. The second kappa shape index (κ2) is 14.2. The topological polar surface area (TPSA) is 42.9 Å². The third-order valence-electron chi connectivity index (χ3n) is 5.69. The zero-order valence-corrected chi connectivity index (χ0v) is 21.5. The molecule has 1 aromatic carbocycles. The Labute approximate surface area is 199 Å². The molecule has 30 heavy (non-hydrogen) atoms. The van der Waals surface area contributed by atoms with Crippen LogP contribution in [0.5, 0.6) is 0 Å². The van der Waals surface area contributed by atoms with Crippen molar-refractivity contribution in [2.45, 2.75) is 46.0 Å². The zero-order valence-electron chi connectivity index (χ0n) is 19.2. The molecule has 0 saturated carbocycles. The number of benzene rings is 1. The smallest absolute Gasteiger partial charge is 0.191 e. The highest BCUT2D eigenvalue weighted by molar-refractivity contribution is 14.0. The van der Waals surface area contributed by atoms with E-state index >= 15 is 0 Å². The number of nitrogens with zero attached hydrogens (tertiary/aromatic N) is 3. The van der Waals surface area contributed by atoms with Gasteiger partial charge in [-0.25, -0.2) is 4.39 Å². The molecule has 0 amide bonds. The minimum absolute atomic E-state index is 0. The first-order chi connectivity index (χ1) is 13.9. The Morgan fingerprint density at radius 2 is 1.77 bits per heavy atom. The van der Waals surface area contributed by atoms with Crippen LogP contribution in [0, 0.1) is 5.82 Å². The van der Waals surface area contributed by atoms with Gasteiger partial charge in [-0.2, -0.15) is 0 Å². The van der Waals surface area contributed by atoms with Crippen molar-refractivity contribution in [3.63, 3.8) is 0 Å². The average Bonchev–Trinajstić information content (AvgIpc) is 2.72. The minimum Gasteiger partial charge on any atom is -0.357 e. The lowest BCUT2D eigenvalue weighted by Gasteiger charge is -2.34. The molecule has 0 spiro atoms. The summed E-state index contributed by atoms with van der Waals surface area (Å²) in [5.41, 5.74) is 0.755. The molecule has 1 aliphatic rings. The molecule has 1 fully saturated rings. The van der Waals surface area contributed by atoms with Crippen molar-refractivity contribution in [3.05, 3.63) is 35.6 Å². The van der Waals surface area contributed by atoms with Crippen LogP contribution in [0.3, 0.4) is 0 Å². The van der Waals surface area contributed by atoms with Gasteiger partial charge >= 0.3 is 0 Å². The number of unbranched alkanes of at least 4 members (excludes halogenated alkanes) is 1. The van der Waals surface area contributed by atoms with Gasteiger partial charge in [-0.05, 0) is 50.6 Å². The van der Waals surface area contributed by atoms with Crippen LogP contribution in [0.15, 0.2) is 29.3 Å². The van der Waals surface area contributed by atoms with Crippen molar-refractivity contribution in [2.75, 3.05) is 58.9 Å². The lowest BCUT2D eigenvalue weighted by atomic mass is 9.85. The predicted molar refractivity (Wildman–Crippen MR) is 137 cm³/mol. The zero-order chi connectivity index (χ0) is 21.1. The number of hydrogen-bond donors (Lipinski definition) is 2. The standard InChI is InChI=1S/C23H40FN5.HI/c1-5-25-22(27-19-23(3,4)20-10-9-11-21(24)18-20)26-12-7-8-13-29-16-14-28(6-2)15-17-29;/h9-11,18H,5-8,12-17,19H2,1-4H3,(H2,25,26,27);1H. The molecule has 7 heteroatoms. The largest absolute Gasteiger partial charge is 0.357 e. The number of hydrogen-bond acceptors (Lipinski definition) is 3. The molecule has 2 N–H and O–H groups in total. The number of rotatable bonds is 10. The van der Waals surface area contributed by atoms with Gasteiger partial charge in [-0.15, -0.1) is 24.0 Å². The first-order valence-corrected chi connectivity index (χ1v) is 11.2. The number of halogens is 2. The van der Waals surface area contributed by atoms with E-state index in [1.165, 1.54) is 51.8 Å². The Balaban J connectivity index is 0.00000450. The monoisotopic (exact) mass is 533 g/mol. The second-order valence-electron chi connectivity index (χ2n) is 8.50. The summed E-state index contributed by atoms with van der Waals surface area (Å²) in [7, 11) is 0. The second-order valence-corrected chi connectivity index (χ2v) is 8.50. The Kier molecular flexibility index (Phi) is 12.8. The molecule has 0 unspecified atom stereocenters. The van der Waals surface area contributed by atoms with Crippen LogP contribution in [-0.4, -0.2) is 74.7 Å². The van der Waals surface area contributed by atoms with Crippen LogP contribution in [0.1, 0.15) is 46.1 Å². The number of aliphatic imine (C=N–C) groups is 1. The van der Waals surface area contributed by atoms with Gasteiger partial charge in [0, 0.05) is 44.7 Å². The fraction of sp³-hybridized carbons (Fsp3) is 0.696. The maximum absolute atomic E-state index is 13.6. The predicted octanol–water partition coefficient (Wildman–Crippen LogP) is 3.69. The fourth-order valence-electron chi connectivity index (χ4n) is 3.62. The van der Waals surface area contributed by atoms with Gasteiger partial charge in [0.05, 0.1) is 6.54 Å². The normalized spacial score (nSPS) is 16.2. The van der Waals surface area contributed by atoms with Gasteiger partial charge in [-0.3, -0.25) is 4.99 Å². The van der Waals surface area contributed by atoms with E-state index in [1.807, 2.05) is 6.07 Å². The van der Waals surface area contributed by atoms with Crippen LogP contribution in [0.4, 0.5) is 4.39 Å². The first-order valence-electron chi connectivity index (χ1n) is 11.2. The molecular formula is C23H41FIN5. The quantitative estimate of drug-likeness (QED) is 0.209. The van der Waals surface area contributed by atoms with Crippen molar-refractivity contribution in [3.8, 4) is 0 Å². The van der Waals surface area contributed by atoms with E-state index in [1.54, 1.807) is 12.1 Å². The Bertz CT molecular complexity index is 630. The van der Waals surface area contributed by atoms with Gasteiger partial charge < -0.3 is 20.4 Å². The fourth-order valence-corrected chi connectivity index (χ4v) is 3.62. The van der Waals surface area contributed by atoms with Crippen LogP contribution < -0.4 is 10.6 Å². The number of guanidine groups is 1. The molecule has 1 aromatic rings. The summed E-state index contributed by atoms with van der Waals surface area (Å²) in [6.45, 7) is 18.0. The molecule has 0 aromatic heterocycles. The number of piperazine rings is 1. The number of likely N-dealkylation sites (N-methyl/N-ethyl adjacent to an activating group) is 1. The Morgan fingerprint density at radius 3 is 2.40 bits per heavy atom. The lowest BCUT2D eigenvalue weighted by molar-refractivity contribution is 0.136. The van der Waals surface area contributed by atoms with Crippen molar-refractivity contribution in [1.29, 1.82) is 0 Å². The third kappa shape index (κ3) is 9.47. The highest BCUT2D eigenvalue weighted by atomic mass is 127. The third-order valence-corrected chi connectivity index (χ3v) is 5.69. The molecule has 0 aliphatic carbocycles. The van der Waals surface area contributed by atoms with E-state index in [0.29, 0.717) is 6.54 Å². The highest BCUT2D eigenvalue weighted by Crippen LogP contribution is 2.24. The minimum atomic E-state index is -0.217. The summed E-state index contributed by atoms with van der Waals surface area (Å²) in [5, 5.41) is 6.77. The average molecular weight is 534 g/mol. The highest BCUT2D eigenvalue weighted by Gasteiger charge is 2.21. The van der Waals surface area contributed by atoms with Gasteiger partial charge in [0.25, 0.3) is 0 Å². The summed E-state index contributed by atoms with van der Waals surface area (Å²) in [4.78, 5) is 9.85. The van der Waals surface area contributed by atoms with E-state index < -0.39 is 0 Å². The van der Waals surface area contributed by atoms with Crippen molar-refractivity contribution in [1.82, 2.24) is 20.4 Å². The maximum Gasteiger partial charge on any atom is 0.191 e. The molecular weight excluding hydrogens is 492 g/mol. The Hall–Kier alpha value is -0.930. The lowest BCUT2D eigenvalue weighted by Crippen LogP contribution is -2.46.